The molecule has 0 radical (unpaired) electrons. The van der Waals surface area contributed by atoms with Crippen LogP contribution in [0.5, 0.6) is 5.75 Å². The Labute approximate surface area is 228 Å². The summed E-state index contributed by atoms with van der Waals surface area (Å²) < 4.78 is 7.09. The lowest BCUT2D eigenvalue weighted by Gasteiger charge is -2.37. The Balaban J connectivity index is 1.24. The molecule has 8 heteroatoms. The zero-order valence-corrected chi connectivity index (χ0v) is 21.8. The number of benzene rings is 3. The SMILES string of the molecule is O=C(NCc1ccccn1)c1ccc(C2=NN3C(C(=O)c4ccc(Br)cc4)Oc4ccccc4C3C2)cc1. The summed E-state index contributed by atoms with van der Waals surface area (Å²) in [6.45, 7) is 0.359. The number of hydrazone groups is 1. The van der Waals surface area contributed by atoms with Gasteiger partial charge in [0.05, 0.1) is 24.0 Å². The summed E-state index contributed by atoms with van der Waals surface area (Å²) >= 11 is 3.42. The van der Waals surface area contributed by atoms with Crippen LogP contribution in [-0.4, -0.2) is 33.6 Å². The Morgan fingerprint density at radius 3 is 2.42 bits per heavy atom. The number of para-hydroxylation sites is 1. The highest BCUT2D eigenvalue weighted by Gasteiger charge is 2.43. The fourth-order valence-electron chi connectivity index (χ4n) is 4.73. The largest absolute Gasteiger partial charge is 0.461 e. The van der Waals surface area contributed by atoms with Crippen molar-refractivity contribution in [3.63, 3.8) is 0 Å². The highest BCUT2D eigenvalue weighted by molar-refractivity contribution is 9.10. The minimum Gasteiger partial charge on any atom is -0.461 e. The van der Waals surface area contributed by atoms with Crippen molar-refractivity contribution in [2.45, 2.75) is 25.2 Å². The number of nitrogens with one attached hydrogen (secondary N) is 1. The van der Waals surface area contributed by atoms with E-state index in [0.29, 0.717) is 29.8 Å². The number of rotatable bonds is 6. The van der Waals surface area contributed by atoms with Gasteiger partial charge in [0.2, 0.25) is 5.78 Å². The van der Waals surface area contributed by atoms with Crippen LogP contribution in [0, 0.1) is 0 Å². The molecule has 2 aliphatic rings. The van der Waals surface area contributed by atoms with Crippen LogP contribution in [0.1, 0.15) is 50.0 Å². The van der Waals surface area contributed by atoms with E-state index in [2.05, 4.69) is 26.2 Å². The third kappa shape index (κ3) is 4.70. The molecule has 0 fully saturated rings. The number of aromatic nitrogens is 1. The quantitative estimate of drug-likeness (QED) is 0.310. The number of carbonyl (C=O) groups excluding carboxylic acids is 2. The highest BCUT2D eigenvalue weighted by Crippen LogP contribution is 2.43. The average Bonchev–Trinajstić information content (AvgIpc) is 3.42. The topological polar surface area (TPSA) is 83.9 Å². The van der Waals surface area contributed by atoms with Crippen molar-refractivity contribution in [2.75, 3.05) is 0 Å². The number of hydrogen-bond donors (Lipinski definition) is 1. The van der Waals surface area contributed by atoms with Gasteiger partial charge in [0.25, 0.3) is 12.1 Å². The van der Waals surface area contributed by atoms with E-state index in [-0.39, 0.29) is 17.7 Å². The van der Waals surface area contributed by atoms with Gasteiger partial charge in [0.15, 0.2) is 0 Å². The predicted molar refractivity (Wildman–Crippen MR) is 147 cm³/mol. The molecular formula is C30H23BrN4O3. The first-order valence-electron chi connectivity index (χ1n) is 12.3. The molecule has 2 aliphatic heterocycles. The van der Waals surface area contributed by atoms with E-state index in [9.17, 15) is 9.59 Å². The lowest BCUT2D eigenvalue weighted by molar-refractivity contribution is -0.00455. The predicted octanol–water partition coefficient (Wildman–Crippen LogP) is 5.53. The molecule has 2 atom stereocenters. The Morgan fingerprint density at radius 1 is 0.921 bits per heavy atom. The molecule has 3 aromatic carbocycles. The number of halogens is 1. The van der Waals surface area contributed by atoms with Gasteiger partial charge < -0.3 is 10.1 Å². The first kappa shape index (κ1) is 24.1. The molecule has 7 nitrogen and oxygen atoms in total. The van der Waals surface area contributed by atoms with Crippen LogP contribution < -0.4 is 10.1 Å². The summed E-state index contributed by atoms with van der Waals surface area (Å²) in [5, 5.41) is 9.53. The fraction of sp³-hybridized carbons (Fsp3) is 0.133. The molecule has 0 saturated heterocycles. The Morgan fingerprint density at radius 2 is 1.66 bits per heavy atom. The smallest absolute Gasteiger partial charge is 0.251 e. The number of nitrogens with zero attached hydrogens (tertiary/aromatic N) is 3. The molecule has 0 aliphatic carbocycles. The van der Waals surface area contributed by atoms with Crippen LogP contribution >= 0.6 is 15.9 Å². The van der Waals surface area contributed by atoms with Gasteiger partial charge in [-0.15, -0.1) is 0 Å². The van der Waals surface area contributed by atoms with Crippen LogP contribution in [0.4, 0.5) is 0 Å². The van der Waals surface area contributed by atoms with Crippen molar-refractivity contribution < 1.29 is 14.3 Å². The molecule has 38 heavy (non-hydrogen) atoms. The van der Waals surface area contributed by atoms with Crippen molar-refractivity contribution in [3.8, 4) is 5.75 Å². The molecule has 1 N–H and O–H groups in total. The number of Topliss-reactive ketones (excluding diaryl/α,β-unsaturated/α-hetero) is 1. The summed E-state index contributed by atoms with van der Waals surface area (Å²) in [6.07, 6.45) is 1.45. The number of hydrogen-bond acceptors (Lipinski definition) is 6. The second kappa shape index (κ2) is 10.2. The molecule has 0 saturated carbocycles. The van der Waals surface area contributed by atoms with Gasteiger partial charge in [0.1, 0.15) is 5.75 Å². The molecule has 4 aromatic rings. The molecule has 188 valence electrons. The molecule has 3 heterocycles. The molecule has 6 rings (SSSR count). The van der Waals surface area contributed by atoms with Crippen molar-refractivity contribution in [1.29, 1.82) is 0 Å². The van der Waals surface area contributed by atoms with E-state index < -0.39 is 6.23 Å². The number of ether oxygens (including phenoxy) is 1. The summed E-state index contributed by atoms with van der Waals surface area (Å²) in [5.41, 5.74) is 4.64. The van der Waals surface area contributed by atoms with Crippen LogP contribution in [0.2, 0.25) is 0 Å². The van der Waals surface area contributed by atoms with Gasteiger partial charge in [0, 0.05) is 33.8 Å². The second-order valence-electron chi connectivity index (χ2n) is 9.11. The Bertz CT molecular complexity index is 1520. The number of carbonyl (C=O) groups is 2. The van der Waals surface area contributed by atoms with Crippen LogP contribution in [0.15, 0.2) is 107 Å². The van der Waals surface area contributed by atoms with E-state index in [1.54, 1.807) is 35.5 Å². The third-order valence-electron chi connectivity index (χ3n) is 6.69. The Hall–Kier alpha value is -4.30. The van der Waals surface area contributed by atoms with Gasteiger partial charge in [-0.3, -0.25) is 14.6 Å². The number of fused-ring (bicyclic) bond motifs is 3. The van der Waals surface area contributed by atoms with E-state index in [4.69, 9.17) is 9.84 Å². The molecule has 1 amide bonds. The molecule has 0 spiro atoms. The van der Waals surface area contributed by atoms with Crippen molar-refractivity contribution in [1.82, 2.24) is 15.3 Å². The van der Waals surface area contributed by atoms with E-state index in [0.717, 1.165) is 27.0 Å². The summed E-state index contributed by atoms with van der Waals surface area (Å²) in [6, 6.07) is 27.9. The maximum atomic E-state index is 13.5. The lowest BCUT2D eigenvalue weighted by Crippen LogP contribution is -2.45. The maximum absolute atomic E-state index is 13.5. The Kier molecular flexibility index (Phi) is 6.47. The van der Waals surface area contributed by atoms with Crippen LogP contribution in [0.3, 0.4) is 0 Å². The monoisotopic (exact) mass is 566 g/mol. The average molecular weight is 567 g/mol. The molecule has 2 unspecified atom stereocenters. The minimum atomic E-state index is -0.870. The number of amides is 1. The molecule has 0 bridgehead atoms. The van der Waals surface area contributed by atoms with Crippen molar-refractivity contribution in [2.24, 2.45) is 5.10 Å². The van der Waals surface area contributed by atoms with Gasteiger partial charge >= 0.3 is 0 Å². The standard InChI is InChI=1S/C30H23BrN4O3/c31-22-14-12-20(13-15-22)28(36)30-35-26(24-6-1-2-7-27(24)38-30)17-25(34-35)19-8-10-21(11-9-19)29(37)33-18-23-5-3-4-16-32-23/h1-16,26,30H,17-18H2,(H,33,37). The van der Waals surface area contributed by atoms with E-state index in [1.165, 1.54) is 0 Å². The number of ketones is 1. The zero-order chi connectivity index (χ0) is 26.1. The summed E-state index contributed by atoms with van der Waals surface area (Å²) in [4.78, 5) is 30.4. The van der Waals surface area contributed by atoms with Crippen LogP contribution in [0.25, 0.3) is 0 Å². The number of pyridine rings is 1. The van der Waals surface area contributed by atoms with Crippen molar-refractivity contribution >= 4 is 33.3 Å². The minimum absolute atomic E-state index is 0.124. The zero-order valence-electron chi connectivity index (χ0n) is 20.3. The summed E-state index contributed by atoms with van der Waals surface area (Å²) in [5.74, 6) is 0.373. The van der Waals surface area contributed by atoms with Gasteiger partial charge in [-0.05, 0) is 48.0 Å². The first-order valence-corrected chi connectivity index (χ1v) is 13.1. The molecular weight excluding hydrogens is 544 g/mol. The van der Waals surface area contributed by atoms with E-state index >= 15 is 0 Å². The van der Waals surface area contributed by atoms with Crippen LogP contribution in [-0.2, 0) is 6.54 Å². The molecule has 1 aromatic heterocycles. The van der Waals surface area contributed by atoms with Gasteiger partial charge in [-0.2, -0.15) is 5.10 Å². The fourth-order valence-corrected chi connectivity index (χ4v) is 4.99. The van der Waals surface area contributed by atoms with E-state index in [1.807, 2.05) is 66.7 Å². The second-order valence-corrected chi connectivity index (χ2v) is 10.0. The first-order chi connectivity index (χ1) is 18.6. The van der Waals surface area contributed by atoms with Crippen molar-refractivity contribution in [3.05, 3.63) is 130 Å². The normalized spacial score (nSPS) is 17.6. The lowest BCUT2D eigenvalue weighted by atomic mass is 9.95. The van der Waals surface area contributed by atoms with Gasteiger partial charge in [-0.25, -0.2) is 5.01 Å². The maximum Gasteiger partial charge on any atom is 0.251 e. The highest BCUT2D eigenvalue weighted by atomic mass is 79.9. The summed E-state index contributed by atoms with van der Waals surface area (Å²) in [7, 11) is 0. The third-order valence-corrected chi connectivity index (χ3v) is 7.22. The van der Waals surface area contributed by atoms with Gasteiger partial charge in [-0.1, -0.05) is 64.5 Å².